The van der Waals surface area contributed by atoms with Crippen LogP contribution < -0.4 is 10.6 Å². The Hall–Kier alpha value is -4.59. The van der Waals surface area contributed by atoms with Crippen LogP contribution in [0.5, 0.6) is 5.75 Å². The Labute approximate surface area is 243 Å². The molecule has 42 heavy (non-hydrogen) atoms. The van der Waals surface area contributed by atoms with Crippen molar-refractivity contribution < 1.29 is 34.8 Å². The van der Waals surface area contributed by atoms with E-state index in [2.05, 4.69) is 11.8 Å². The van der Waals surface area contributed by atoms with Gasteiger partial charge in [0.1, 0.15) is 22.8 Å². The SMILES string of the molecule is CN(C)c1cc(C#CCc2ccccc2)c(O)c2c1C[C@@H]1C[C@@H]3[C@H](N(C)C)C(=O)C(C(N)=O)=C(O)[C@@]3(O)C(=O)C1=C2O. The molecule has 0 spiro atoms. The van der Waals surface area contributed by atoms with E-state index in [0.29, 0.717) is 17.7 Å². The molecule has 10 heteroatoms. The Balaban J connectivity index is 1.68. The normalized spacial score (nSPS) is 25.0. The van der Waals surface area contributed by atoms with E-state index in [1.54, 1.807) is 20.2 Å². The first-order valence-corrected chi connectivity index (χ1v) is 13.5. The predicted molar refractivity (Wildman–Crippen MR) is 156 cm³/mol. The number of benzene rings is 2. The van der Waals surface area contributed by atoms with Crippen LogP contribution >= 0.6 is 0 Å². The lowest BCUT2D eigenvalue weighted by Crippen LogP contribution is -2.65. The molecule has 10 nitrogen and oxygen atoms in total. The third kappa shape index (κ3) is 4.24. The number of hydrogen-bond acceptors (Lipinski definition) is 9. The monoisotopic (exact) mass is 571 g/mol. The molecule has 0 bridgehead atoms. The standard InChI is InChI=1S/C32H33N3O7/c1-34(2)21-15-17(12-8-11-16-9-6-5-7-10-16)26(36)23-19(21)13-18-14-20-25(35(3)4)28(38)24(31(33)41)30(40)32(20,42)29(39)22(18)27(23)37/h5-7,9-10,15,18,20,25,36-37,40,42H,11,13-14H2,1-4H3,(H2,33,41)/t18-,20-,25+,32+/m1/s1. The number of aliphatic hydroxyl groups excluding tert-OH is 2. The minimum atomic E-state index is -2.68. The zero-order valence-corrected chi connectivity index (χ0v) is 23.8. The maximum atomic E-state index is 14.1. The number of nitrogens with two attached hydrogens (primary N) is 1. The van der Waals surface area contributed by atoms with Crippen LogP contribution in [0, 0.1) is 23.7 Å². The Morgan fingerprint density at radius 1 is 1.10 bits per heavy atom. The number of fused-ring (bicyclic) bond motifs is 3. The minimum Gasteiger partial charge on any atom is -0.508 e. The van der Waals surface area contributed by atoms with Crippen LogP contribution in [-0.4, -0.2) is 82.6 Å². The molecule has 1 saturated carbocycles. The van der Waals surface area contributed by atoms with E-state index < -0.39 is 58.0 Å². The molecule has 6 N–H and O–H groups in total. The fraction of sp³-hybridized carbons (Fsp3) is 0.344. The first kappa shape index (κ1) is 28.9. The number of amides is 1. The molecule has 0 aromatic heterocycles. The number of phenolic OH excluding ortho intramolecular Hbond substituents is 1. The molecule has 1 amide bonds. The summed E-state index contributed by atoms with van der Waals surface area (Å²) in [5.41, 5.74) is 4.17. The van der Waals surface area contributed by atoms with Crippen molar-refractivity contribution in [3.63, 3.8) is 0 Å². The summed E-state index contributed by atoms with van der Waals surface area (Å²) in [7, 11) is 6.75. The summed E-state index contributed by atoms with van der Waals surface area (Å²) in [6, 6.07) is 10.2. The van der Waals surface area contributed by atoms with Gasteiger partial charge in [0, 0.05) is 37.7 Å². The van der Waals surface area contributed by atoms with E-state index in [1.807, 2.05) is 49.3 Å². The number of rotatable bonds is 4. The van der Waals surface area contributed by atoms with Gasteiger partial charge in [0.15, 0.2) is 11.4 Å². The number of aliphatic hydroxyl groups is 3. The van der Waals surface area contributed by atoms with Gasteiger partial charge in [-0.15, -0.1) is 0 Å². The number of anilines is 1. The molecular formula is C32H33N3O7. The zero-order valence-electron chi connectivity index (χ0n) is 23.8. The molecule has 2 aromatic carbocycles. The molecule has 2 aromatic rings. The molecule has 4 atom stereocenters. The molecule has 0 heterocycles. The summed E-state index contributed by atoms with van der Waals surface area (Å²) in [6.07, 6.45) is 0.654. The second kappa shape index (κ2) is 10.4. The summed E-state index contributed by atoms with van der Waals surface area (Å²) in [6.45, 7) is 0. The van der Waals surface area contributed by atoms with Crippen molar-refractivity contribution in [1.82, 2.24) is 4.90 Å². The largest absolute Gasteiger partial charge is 0.508 e. The van der Waals surface area contributed by atoms with Crippen molar-refractivity contribution in [1.29, 1.82) is 0 Å². The van der Waals surface area contributed by atoms with Gasteiger partial charge in [0.05, 0.1) is 17.2 Å². The van der Waals surface area contributed by atoms with Crippen molar-refractivity contribution in [2.75, 3.05) is 33.1 Å². The molecule has 3 aliphatic rings. The highest BCUT2D eigenvalue weighted by Crippen LogP contribution is 2.54. The molecule has 0 unspecified atom stereocenters. The first-order chi connectivity index (χ1) is 19.8. The van der Waals surface area contributed by atoms with Crippen molar-refractivity contribution in [2.24, 2.45) is 17.6 Å². The topological polar surface area (TPSA) is 165 Å². The molecule has 218 valence electrons. The molecule has 3 aliphatic carbocycles. The summed E-state index contributed by atoms with van der Waals surface area (Å²) < 4.78 is 0. The molecule has 0 saturated heterocycles. The van der Waals surface area contributed by atoms with Gasteiger partial charge in [-0.3, -0.25) is 19.3 Å². The predicted octanol–water partition coefficient (Wildman–Crippen LogP) is 1.62. The smallest absolute Gasteiger partial charge is 0.255 e. The van der Waals surface area contributed by atoms with Crippen molar-refractivity contribution >= 4 is 28.9 Å². The second-order valence-electron chi connectivity index (χ2n) is 11.5. The number of primary amides is 1. The highest BCUT2D eigenvalue weighted by Gasteiger charge is 2.64. The molecular weight excluding hydrogens is 538 g/mol. The highest BCUT2D eigenvalue weighted by molar-refractivity contribution is 6.24. The first-order valence-electron chi connectivity index (χ1n) is 13.5. The van der Waals surface area contributed by atoms with Crippen LogP contribution in [0.4, 0.5) is 5.69 Å². The van der Waals surface area contributed by atoms with Crippen LogP contribution in [0.15, 0.2) is 53.3 Å². The zero-order chi connectivity index (χ0) is 30.7. The van der Waals surface area contributed by atoms with E-state index in [-0.39, 0.29) is 35.3 Å². The van der Waals surface area contributed by atoms with Crippen molar-refractivity contribution in [3.05, 3.63) is 75.6 Å². The van der Waals surface area contributed by atoms with Gasteiger partial charge < -0.3 is 31.1 Å². The highest BCUT2D eigenvalue weighted by atomic mass is 16.3. The summed E-state index contributed by atoms with van der Waals surface area (Å²) >= 11 is 0. The number of Topliss-reactive ketones (excluding diaryl/α,β-unsaturated/α-hetero) is 2. The van der Waals surface area contributed by atoms with Crippen LogP contribution in [0.3, 0.4) is 0 Å². The summed E-state index contributed by atoms with van der Waals surface area (Å²) in [5.74, 6) is -0.841. The van der Waals surface area contributed by atoms with Gasteiger partial charge in [-0.05, 0) is 50.0 Å². The average Bonchev–Trinajstić information content (AvgIpc) is 2.92. The minimum absolute atomic E-state index is 0.0153. The third-order valence-corrected chi connectivity index (χ3v) is 8.54. The van der Waals surface area contributed by atoms with E-state index >= 15 is 0 Å². The molecule has 1 fully saturated rings. The number of phenols is 1. The number of nitrogens with zero attached hydrogens (tertiary/aromatic N) is 2. The van der Waals surface area contributed by atoms with Gasteiger partial charge in [-0.25, -0.2) is 0 Å². The molecule has 0 radical (unpaired) electrons. The Morgan fingerprint density at radius 2 is 1.76 bits per heavy atom. The lowest BCUT2D eigenvalue weighted by molar-refractivity contribution is -0.153. The van der Waals surface area contributed by atoms with E-state index in [0.717, 1.165) is 5.56 Å². The van der Waals surface area contributed by atoms with Gasteiger partial charge in [0.2, 0.25) is 5.78 Å². The van der Waals surface area contributed by atoms with Crippen LogP contribution in [0.25, 0.3) is 5.76 Å². The summed E-state index contributed by atoms with van der Waals surface area (Å²) in [4.78, 5) is 42.8. The Kier molecular flexibility index (Phi) is 7.13. The number of likely N-dealkylation sites (N-methyl/N-ethyl adjacent to an activating group) is 1. The van der Waals surface area contributed by atoms with Crippen LogP contribution in [0.1, 0.15) is 28.7 Å². The van der Waals surface area contributed by atoms with Crippen LogP contribution in [-0.2, 0) is 27.2 Å². The number of aromatic hydroxyl groups is 1. The fourth-order valence-electron chi connectivity index (χ4n) is 6.62. The quantitative estimate of drug-likeness (QED) is 0.271. The van der Waals surface area contributed by atoms with Crippen molar-refractivity contribution in [3.8, 4) is 17.6 Å². The van der Waals surface area contributed by atoms with Gasteiger partial charge >= 0.3 is 0 Å². The Morgan fingerprint density at radius 3 is 2.36 bits per heavy atom. The average molecular weight is 572 g/mol. The van der Waals surface area contributed by atoms with E-state index in [9.17, 15) is 34.8 Å². The maximum absolute atomic E-state index is 14.1. The number of carbonyl (C=O) groups is 3. The number of carbonyl (C=O) groups excluding carboxylic acids is 3. The van der Waals surface area contributed by atoms with Gasteiger partial charge in [-0.2, -0.15) is 0 Å². The lowest BCUT2D eigenvalue weighted by Gasteiger charge is -2.50. The Bertz CT molecular complexity index is 1650. The lowest BCUT2D eigenvalue weighted by atomic mass is 9.57. The van der Waals surface area contributed by atoms with Crippen LogP contribution in [0.2, 0.25) is 0 Å². The fourth-order valence-corrected chi connectivity index (χ4v) is 6.62. The maximum Gasteiger partial charge on any atom is 0.255 e. The van der Waals surface area contributed by atoms with E-state index in [1.165, 1.54) is 4.90 Å². The second-order valence-corrected chi connectivity index (χ2v) is 11.5. The van der Waals surface area contributed by atoms with E-state index in [4.69, 9.17) is 5.73 Å². The summed E-state index contributed by atoms with van der Waals surface area (Å²) in [5, 5.41) is 45.7. The number of hydrogen-bond donors (Lipinski definition) is 5. The number of ketones is 2. The molecule has 5 rings (SSSR count). The molecule has 0 aliphatic heterocycles. The van der Waals surface area contributed by atoms with Gasteiger partial charge in [0.25, 0.3) is 5.91 Å². The van der Waals surface area contributed by atoms with Crippen molar-refractivity contribution in [2.45, 2.75) is 30.9 Å². The third-order valence-electron chi connectivity index (χ3n) is 8.54. The van der Waals surface area contributed by atoms with Gasteiger partial charge in [-0.1, -0.05) is 42.2 Å².